The minimum absolute atomic E-state index is 0.129. The molecule has 2 fully saturated rings. The van der Waals surface area contributed by atoms with E-state index in [9.17, 15) is 9.90 Å². The third kappa shape index (κ3) is 3.19. The third-order valence-corrected chi connectivity index (χ3v) is 3.98. The van der Waals surface area contributed by atoms with Crippen molar-refractivity contribution in [3.05, 3.63) is 0 Å². The average molecular weight is 241 g/mol. The van der Waals surface area contributed by atoms with E-state index in [0.29, 0.717) is 19.0 Å². The number of hydrogen-bond acceptors (Lipinski definition) is 3. The second-order valence-electron chi connectivity index (χ2n) is 5.36. The summed E-state index contributed by atoms with van der Waals surface area (Å²) in [5.41, 5.74) is 0. The number of amides is 1. The molecule has 0 radical (unpaired) electrons. The first-order valence-electron chi connectivity index (χ1n) is 6.72. The number of aliphatic hydroxyl groups is 1. The standard InChI is InChI=1S/C13H23NO3/c1-10-4-5-11(9-15)8-14(10)13(16)7-12-3-2-6-17-12/h10-12,15H,2-9H2,1H3. The zero-order valence-electron chi connectivity index (χ0n) is 10.6. The van der Waals surface area contributed by atoms with Gasteiger partial charge in [0, 0.05) is 25.8 Å². The van der Waals surface area contributed by atoms with Gasteiger partial charge in [0.1, 0.15) is 0 Å². The molecule has 4 nitrogen and oxygen atoms in total. The zero-order valence-corrected chi connectivity index (χ0v) is 10.6. The predicted octanol–water partition coefficient (Wildman–Crippen LogP) is 1.17. The summed E-state index contributed by atoms with van der Waals surface area (Å²) in [5, 5.41) is 9.20. The summed E-state index contributed by atoms with van der Waals surface area (Å²) in [5.74, 6) is 0.460. The van der Waals surface area contributed by atoms with Crippen LogP contribution in [-0.2, 0) is 9.53 Å². The molecule has 17 heavy (non-hydrogen) atoms. The molecule has 0 bridgehead atoms. The van der Waals surface area contributed by atoms with Crippen molar-refractivity contribution in [2.45, 2.75) is 51.2 Å². The van der Waals surface area contributed by atoms with Crippen LogP contribution in [0.25, 0.3) is 0 Å². The second kappa shape index (κ2) is 5.83. The molecule has 98 valence electrons. The molecule has 2 saturated heterocycles. The van der Waals surface area contributed by atoms with Crippen LogP contribution < -0.4 is 0 Å². The first-order chi connectivity index (χ1) is 8.20. The Kier molecular flexibility index (Phi) is 4.40. The molecule has 3 unspecified atom stereocenters. The molecule has 2 heterocycles. The summed E-state index contributed by atoms with van der Waals surface area (Å²) in [4.78, 5) is 14.1. The van der Waals surface area contributed by atoms with E-state index in [1.807, 2.05) is 4.90 Å². The molecule has 0 aliphatic carbocycles. The van der Waals surface area contributed by atoms with Crippen LogP contribution in [0.5, 0.6) is 0 Å². The summed E-state index contributed by atoms with van der Waals surface area (Å²) in [6.45, 7) is 3.80. The van der Waals surface area contributed by atoms with Gasteiger partial charge in [0.25, 0.3) is 0 Å². The van der Waals surface area contributed by atoms with E-state index < -0.39 is 0 Å². The number of piperidine rings is 1. The molecule has 3 atom stereocenters. The lowest BCUT2D eigenvalue weighted by molar-refractivity contribution is -0.138. The Labute approximate surface area is 103 Å². The molecule has 0 aromatic rings. The van der Waals surface area contributed by atoms with Gasteiger partial charge in [0.15, 0.2) is 0 Å². The van der Waals surface area contributed by atoms with Crippen molar-refractivity contribution in [2.24, 2.45) is 5.92 Å². The van der Waals surface area contributed by atoms with Gasteiger partial charge in [-0.25, -0.2) is 0 Å². The number of aliphatic hydroxyl groups excluding tert-OH is 1. The van der Waals surface area contributed by atoms with Gasteiger partial charge in [-0.3, -0.25) is 4.79 Å². The monoisotopic (exact) mass is 241 g/mol. The number of likely N-dealkylation sites (tertiary alicyclic amines) is 1. The molecule has 1 N–H and O–H groups in total. The molecule has 2 rings (SSSR count). The Balaban J connectivity index is 1.87. The van der Waals surface area contributed by atoms with E-state index in [-0.39, 0.29) is 24.5 Å². The quantitative estimate of drug-likeness (QED) is 0.807. The van der Waals surface area contributed by atoms with E-state index in [1.165, 1.54) is 0 Å². The molecular weight excluding hydrogens is 218 g/mol. The lowest BCUT2D eigenvalue weighted by atomic mass is 9.93. The fourth-order valence-electron chi connectivity index (χ4n) is 2.80. The van der Waals surface area contributed by atoms with Crippen molar-refractivity contribution in [3.8, 4) is 0 Å². The van der Waals surface area contributed by atoms with Gasteiger partial charge in [-0.15, -0.1) is 0 Å². The summed E-state index contributed by atoms with van der Waals surface area (Å²) in [6.07, 6.45) is 4.76. The van der Waals surface area contributed by atoms with Crippen molar-refractivity contribution in [3.63, 3.8) is 0 Å². The summed E-state index contributed by atoms with van der Waals surface area (Å²) >= 11 is 0. The fraction of sp³-hybridized carbons (Fsp3) is 0.923. The minimum atomic E-state index is 0.129. The number of carbonyl (C=O) groups excluding carboxylic acids is 1. The highest BCUT2D eigenvalue weighted by atomic mass is 16.5. The molecule has 0 aromatic heterocycles. The largest absolute Gasteiger partial charge is 0.396 e. The van der Waals surface area contributed by atoms with Crippen molar-refractivity contribution >= 4 is 5.91 Å². The van der Waals surface area contributed by atoms with Crippen molar-refractivity contribution in [1.29, 1.82) is 0 Å². The normalized spacial score (nSPS) is 34.0. The molecule has 4 heteroatoms. The van der Waals surface area contributed by atoms with Crippen LogP contribution in [0.4, 0.5) is 0 Å². The SMILES string of the molecule is CC1CCC(CO)CN1C(=O)CC1CCCO1. The second-order valence-corrected chi connectivity index (χ2v) is 5.36. The van der Waals surface area contributed by atoms with Gasteiger partial charge in [0.2, 0.25) is 5.91 Å². The Morgan fingerprint density at radius 2 is 2.24 bits per heavy atom. The molecule has 0 saturated carbocycles. The van der Waals surface area contributed by atoms with Crippen LogP contribution in [-0.4, -0.2) is 47.8 Å². The Hall–Kier alpha value is -0.610. The Bertz CT molecular complexity index is 263. The maximum absolute atomic E-state index is 12.2. The first kappa shape index (κ1) is 12.8. The van der Waals surface area contributed by atoms with E-state index in [2.05, 4.69) is 6.92 Å². The minimum Gasteiger partial charge on any atom is -0.396 e. The number of hydrogen-bond donors (Lipinski definition) is 1. The maximum Gasteiger partial charge on any atom is 0.225 e. The van der Waals surface area contributed by atoms with Crippen LogP contribution in [0.2, 0.25) is 0 Å². The van der Waals surface area contributed by atoms with E-state index in [0.717, 1.165) is 32.3 Å². The smallest absolute Gasteiger partial charge is 0.225 e. The molecule has 1 amide bonds. The van der Waals surface area contributed by atoms with Gasteiger partial charge in [0.05, 0.1) is 12.5 Å². The Morgan fingerprint density at radius 3 is 2.88 bits per heavy atom. The number of ether oxygens (including phenoxy) is 1. The summed E-state index contributed by atoms with van der Waals surface area (Å²) in [6, 6.07) is 0.312. The molecule has 0 spiro atoms. The highest BCUT2D eigenvalue weighted by molar-refractivity contribution is 5.77. The van der Waals surface area contributed by atoms with Crippen molar-refractivity contribution < 1.29 is 14.6 Å². The summed E-state index contributed by atoms with van der Waals surface area (Å²) in [7, 11) is 0. The number of rotatable bonds is 3. The highest BCUT2D eigenvalue weighted by Gasteiger charge is 2.30. The first-order valence-corrected chi connectivity index (χ1v) is 6.72. The molecule has 2 aliphatic rings. The number of nitrogens with zero attached hydrogens (tertiary/aromatic N) is 1. The van der Waals surface area contributed by atoms with Gasteiger partial charge < -0.3 is 14.7 Å². The van der Waals surface area contributed by atoms with Gasteiger partial charge >= 0.3 is 0 Å². The Morgan fingerprint density at radius 1 is 1.41 bits per heavy atom. The summed E-state index contributed by atoms with van der Waals surface area (Å²) < 4.78 is 5.51. The van der Waals surface area contributed by atoms with Crippen LogP contribution in [0.1, 0.15) is 39.0 Å². The third-order valence-electron chi connectivity index (χ3n) is 3.98. The van der Waals surface area contributed by atoms with Crippen LogP contribution in [0, 0.1) is 5.92 Å². The van der Waals surface area contributed by atoms with Crippen LogP contribution >= 0.6 is 0 Å². The molecule has 2 aliphatic heterocycles. The van der Waals surface area contributed by atoms with Crippen LogP contribution in [0.3, 0.4) is 0 Å². The average Bonchev–Trinajstić information content (AvgIpc) is 2.82. The molecule has 0 aromatic carbocycles. The fourth-order valence-corrected chi connectivity index (χ4v) is 2.80. The van der Waals surface area contributed by atoms with Crippen molar-refractivity contribution in [1.82, 2.24) is 4.90 Å². The topological polar surface area (TPSA) is 49.8 Å². The molecular formula is C13H23NO3. The van der Waals surface area contributed by atoms with E-state index >= 15 is 0 Å². The highest BCUT2D eigenvalue weighted by Crippen LogP contribution is 2.24. The number of carbonyl (C=O) groups is 1. The lowest BCUT2D eigenvalue weighted by Gasteiger charge is -2.38. The van der Waals surface area contributed by atoms with E-state index in [1.54, 1.807) is 0 Å². The lowest BCUT2D eigenvalue weighted by Crippen LogP contribution is -2.47. The zero-order chi connectivity index (χ0) is 12.3. The van der Waals surface area contributed by atoms with Gasteiger partial charge in [-0.2, -0.15) is 0 Å². The van der Waals surface area contributed by atoms with Gasteiger partial charge in [-0.05, 0) is 38.5 Å². The van der Waals surface area contributed by atoms with Crippen molar-refractivity contribution in [2.75, 3.05) is 19.8 Å². The van der Waals surface area contributed by atoms with Crippen LogP contribution in [0.15, 0.2) is 0 Å². The van der Waals surface area contributed by atoms with E-state index in [4.69, 9.17) is 4.74 Å². The maximum atomic E-state index is 12.2. The predicted molar refractivity (Wildman–Crippen MR) is 64.6 cm³/mol. The van der Waals surface area contributed by atoms with Gasteiger partial charge in [-0.1, -0.05) is 0 Å².